The summed E-state index contributed by atoms with van der Waals surface area (Å²) < 4.78 is 50.9. The van der Waals surface area contributed by atoms with Crippen LogP contribution in [0, 0.1) is 0 Å². The van der Waals surface area contributed by atoms with E-state index in [2.05, 4.69) is 5.32 Å². The molecule has 0 aromatic carbocycles. The molecule has 1 N–H and O–H groups in total. The molecule has 0 spiro atoms. The van der Waals surface area contributed by atoms with Crippen LogP contribution in [0.1, 0.15) is 11.1 Å². The highest BCUT2D eigenvalue weighted by molar-refractivity contribution is 7.08. The number of halogens is 4. The summed E-state index contributed by atoms with van der Waals surface area (Å²) in [4.78, 5) is 0. The minimum Gasteiger partial charge on any atom is -0.310 e. The standard InChI is InChI=1S/C8H7F4NS/c9-7(3-13-4-7)5-1-14-2-6(5)8(10,11)12/h1-2,13H,3-4H2. The normalized spacial score (nSPS) is 20.6. The van der Waals surface area contributed by atoms with Crippen molar-refractivity contribution in [1.29, 1.82) is 0 Å². The molecule has 0 aliphatic carbocycles. The minimum absolute atomic E-state index is 0.0349. The lowest BCUT2D eigenvalue weighted by atomic mass is 9.89. The summed E-state index contributed by atoms with van der Waals surface area (Å²) in [7, 11) is 0. The number of rotatable bonds is 1. The van der Waals surface area contributed by atoms with Crippen LogP contribution in [0.15, 0.2) is 10.8 Å². The third-order valence-corrected chi connectivity index (χ3v) is 3.00. The summed E-state index contributed by atoms with van der Waals surface area (Å²) in [5, 5.41) is 4.82. The van der Waals surface area contributed by atoms with Gasteiger partial charge in [0.25, 0.3) is 0 Å². The fourth-order valence-corrected chi connectivity index (χ4v) is 2.34. The quantitative estimate of drug-likeness (QED) is 0.724. The molecule has 6 heteroatoms. The van der Waals surface area contributed by atoms with E-state index in [0.29, 0.717) is 0 Å². The minimum atomic E-state index is -4.45. The van der Waals surface area contributed by atoms with Crippen LogP contribution >= 0.6 is 11.3 Å². The van der Waals surface area contributed by atoms with Gasteiger partial charge in [-0.1, -0.05) is 0 Å². The number of alkyl halides is 4. The highest BCUT2D eigenvalue weighted by Gasteiger charge is 2.46. The molecule has 1 aromatic heterocycles. The maximum atomic E-state index is 13.7. The van der Waals surface area contributed by atoms with Gasteiger partial charge in [-0.25, -0.2) is 4.39 Å². The van der Waals surface area contributed by atoms with Gasteiger partial charge in [-0.05, 0) is 5.38 Å². The van der Waals surface area contributed by atoms with Crippen LogP contribution in [0.5, 0.6) is 0 Å². The lowest BCUT2D eigenvalue weighted by Gasteiger charge is -2.35. The fraction of sp³-hybridized carbons (Fsp3) is 0.500. The Morgan fingerprint density at radius 2 is 1.93 bits per heavy atom. The Kier molecular flexibility index (Phi) is 2.08. The van der Waals surface area contributed by atoms with Crippen LogP contribution in [0.3, 0.4) is 0 Å². The summed E-state index contributed by atoms with van der Waals surface area (Å²) in [6.07, 6.45) is -4.45. The predicted octanol–water partition coefficient (Wildman–Crippen LogP) is 2.53. The van der Waals surface area contributed by atoms with Crippen molar-refractivity contribution in [3.8, 4) is 0 Å². The molecule has 0 bridgehead atoms. The van der Waals surface area contributed by atoms with Crippen LogP contribution < -0.4 is 5.32 Å². The molecule has 1 nitrogen and oxygen atoms in total. The molecule has 14 heavy (non-hydrogen) atoms. The number of hydrogen-bond acceptors (Lipinski definition) is 2. The number of nitrogens with one attached hydrogen (secondary N) is 1. The van der Waals surface area contributed by atoms with Crippen molar-refractivity contribution in [2.24, 2.45) is 0 Å². The molecule has 1 aliphatic heterocycles. The summed E-state index contributed by atoms with van der Waals surface area (Å²) in [6.45, 7) is -0.0698. The van der Waals surface area contributed by atoms with Gasteiger partial charge in [-0.3, -0.25) is 0 Å². The number of hydrogen-bond donors (Lipinski definition) is 1. The van der Waals surface area contributed by atoms with Crippen LogP contribution in [-0.2, 0) is 11.8 Å². The molecule has 2 heterocycles. The summed E-state index contributed by atoms with van der Waals surface area (Å²) in [6, 6.07) is 0. The molecule has 0 atom stereocenters. The average Bonchev–Trinajstić information content (AvgIpc) is 2.46. The lowest BCUT2D eigenvalue weighted by molar-refractivity contribution is -0.139. The zero-order valence-corrected chi connectivity index (χ0v) is 7.81. The Balaban J connectivity index is 2.39. The van der Waals surface area contributed by atoms with Crippen molar-refractivity contribution in [3.05, 3.63) is 21.9 Å². The first-order chi connectivity index (χ1) is 6.43. The van der Waals surface area contributed by atoms with Crippen LogP contribution in [-0.4, -0.2) is 13.1 Å². The van der Waals surface area contributed by atoms with Crippen molar-refractivity contribution >= 4 is 11.3 Å². The first-order valence-electron chi connectivity index (χ1n) is 3.97. The molecule has 0 amide bonds. The number of thiophene rings is 1. The molecule has 0 radical (unpaired) electrons. The van der Waals surface area contributed by atoms with E-state index in [1.807, 2.05) is 0 Å². The van der Waals surface area contributed by atoms with E-state index >= 15 is 0 Å². The summed E-state index contributed by atoms with van der Waals surface area (Å²) in [5.74, 6) is 0. The summed E-state index contributed by atoms with van der Waals surface area (Å²) in [5.41, 5.74) is -2.90. The molecule has 0 unspecified atom stereocenters. The van der Waals surface area contributed by atoms with E-state index in [-0.39, 0.29) is 18.7 Å². The second-order valence-corrected chi connectivity index (χ2v) is 4.01. The van der Waals surface area contributed by atoms with E-state index < -0.39 is 17.4 Å². The van der Waals surface area contributed by atoms with Crippen molar-refractivity contribution in [2.45, 2.75) is 11.8 Å². The Labute approximate surface area is 81.7 Å². The summed E-state index contributed by atoms with van der Waals surface area (Å²) >= 11 is 0.881. The van der Waals surface area contributed by atoms with Gasteiger partial charge in [0, 0.05) is 24.0 Å². The average molecular weight is 225 g/mol. The van der Waals surface area contributed by atoms with Gasteiger partial charge >= 0.3 is 6.18 Å². The van der Waals surface area contributed by atoms with E-state index in [9.17, 15) is 17.6 Å². The molecular weight excluding hydrogens is 218 g/mol. The maximum Gasteiger partial charge on any atom is 0.417 e. The SMILES string of the molecule is FC(F)(F)c1cscc1C1(F)CNC1. The molecular formula is C8H7F4NS. The van der Waals surface area contributed by atoms with Gasteiger partial charge < -0.3 is 5.32 Å². The molecule has 1 fully saturated rings. The van der Waals surface area contributed by atoms with Gasteiger partial charge in [-0.2, -0.15) is 24.5 Å². The Hall–Kier alpha value is -0.620. The van der Waals surface area contributed by atoms with Gasteiger partial charge in [0.15, 0.2) is 5.67 Å². The molecule has 1 aliphatic rings. The second kappa shape index (κ2) is 2.93. The van der Waals surface area contributed by atoms with E-state index in [4.69, 9.17) is 0 Å². The highest BCUT2D eigenvalue weighted by Crippen LogP contribution is 2.42. The van der Waals surface area contributed by atoms with Crippen molar-refractivity contribution in [2.75, 3.05) is 13.1 Å². The van der Waals surface area contributed by atoms with E-state index in [1.54, 1.807) is 0 Å². The van der Waals surface area contributed by atoms with Gasteiger partial charge in [-0.15, -0.1) is 0 Å². The largest absolute Gasteiger partial charge is 0.417 e. The molecule has 1 aromatic rings. The molecule has 0 saturated carbocycles. The van der Waals surface area contributed by atoms with Gasteiger partial charge in [0.1, 0.15) is 0 Å². The Bertz CT molecular complexity index is 339. The van der Waals surface area contributed by atoms with Crippen molar-refractivity contribution in [1.82, 2.24) is 5.32 Å². The van der Waals surface area contributed by atoms with Crippen molar-refractivity contribution < 1.29 is 17.6 Å². The lowest BCUT2D eigenvalue weighted by Crippen LogP contribution is -2.54. The zero-order valence-electron chi connectivity index (χ0n) is 6.99. The fourth-order valence-electron chi connectivity index (χ4n) is 1.40. The van der Waals surface area contributed by atoms with Crippen LogP contribution in [0.2, 0.25) is 0 Å². The van der Waals surface area contributed by atoms with Gasteiger partial charge in [0.05, 0.1) is 5.56 Å². The van der Waals surface area contributed by atoms with Gasteiger partial charge in [0.2, 0.25) is 0 Å². The first kappa shape index (κ1) is 9.92. The topological polar surface area (TPSA) is 12.0 Å². The Morgan fingerprint density at radius 1 is 1.29 bits per heavy atom. The Morgan fingerprint density at radius 3 is 2.36 bits per heavy atom. The van der Waals surface area contributed by atoms with Crippen LogP contribution in [0.4, 0.5) is 17.6 Å². The molecule has 78 valence electrons. The van der Waals surface area contributed by atoms with Crippen molar-refractivity contribution in [3.63, 3.8) is 0 Å². The molecule has 1 saturated heterocycles. The highest BCUT2D eigenvalue weighted by atomic mass is 32.1. The maximum absolute atomic E-state index is 13.7. The predicted molar refractivity (Wildman–Crippen MR) is 45.0 cm³/mol. The third kappa shape index (κ3) is 1.42. The van der Waals surface area contributed by atoms with E-state index in [1.165, 1.54) is 5.38 Å². The van der Waals surface area contributed by atoms with Crippen LogP contribution in [0.25, 0.3) is 0 Å². The smallest absolute Gasteiger partial charge is 0.310 e. The third-order valence-electron chi connectivity index (χ3n) is 2.26. The zero-order chi connectivity index (χ0) is 10.4. The first-order valence-corrected chi connectivity index (χ1v) is 4.91. The molecule has 2 rings (SSSR count). The monoisotopic (exact) mass is 225 g/mol. The van der Waals surface area contributed by atoms with E-state index in [0.717, 1.165) is 16.7 Å². The second-order valence-electron chi connectivity index (χ2n) is 3.27.